The van der Waals surface area contributed by atoms with Crippen LogP contribution in [-0.2, 0) is 4.79 Å². The van der Waals surface area contributed by atoms with Crippen LogP contribution in [0.2, 0.25) is 0 Å². The fourth-order valence-electron chi connectivity index (χ4n) is 2.79. The molecule has 2 aliphatic heterocycles. The fourth-order valence-corrected chi connectivity index (χ4v) is 2.79. The molecule has 0 spiro atoms. The summed E-state index contributed by atoms with van der Waals surface area (Å²) in [6.07, 6.45) is 0.00324. The summed E-state index contributed by atoms with van der Waals surface area (Å²) in [6.45, 7) is 8.91. The number of Topliss-reactive ketones (excluding diaryl/α,β-unsaturated/α-hetero) is 1. The molecule has 130 valence electrons. The van der Waals surface area contributed by atoms with Gasteiger partial charge in [-0.15, -0.1) is 0 Å². The van der Waals surface area contributed by atoms with Crippen molar-refractivity contribution in [3.63, 3.8) is 0 Å². The van der Waals surface area contributed by atoms with Crippen molar-refractivity contribution in [2.75, 3.05) is 31.1 Å². The summed E-state index contributed by atoms with van der Waals surface area (Å²) in [5.41, 5.74) is 0.299. The van der Waals surface area contributed by atoms with E-state index < -0.39 is 11.5 Å². The van der Waals surface area contributed by atoms with Crippen molar-refractivity contribution in [3.05, 3.63) is 30.2 Å². The summed E-state index contributed by atoms with van der Waals surface area (Å²) in [5, 5.41) is 13.6. The summed E-state index contributed by atoms with van der Waals surface area (Å²) >= 11 is 0. The predicted octanol–water partition coefficient (Wildman–Crippen LogP) is 1.68. The van der Waals surface area contributed by atoms with E-state index in [4.69, 9.17) is 9.47 Å². The third-order valence-corrected chi connectivity index (χ3v) is 4.19. The highest BCUT2D eigenvalue weighted by atomic mass is 16.6. The van der Waals surface area contributed by atoms with Gasteiger partial charge in [0.1, 0.15) is 6.26 Å². The smallest absolute Gasteiger partial charge is 0.192 e. The van der Waals surface area contributed by atoms with Crippen molar-refractivity contribution in [2.24, 2.45) is 5.41 Å². The van der Waals surface area contributed by atoms with E-state index in [0.717, 1.165) is 31.9 Å². The Hall–Kier alpha value is -2.05. The number of anilines is 1. The summed E-state index contributed by atoms with van der Waals surface area (Å²) in [5.74, 6) is 0.960. The fraction of sp³-hybridized carbons (Fsp3) is 0.500. The van der Waals surface area contributed by atoms with Crippen molar-refractivity contribution in [1.82, 2.24) is 5.32 Å². The quantitative estimate of drug-likeness (QED) is 0.878. The lowest BCUT2D eigenvalue weighted by atomic mass is 9.87. The van der Waals surface area contributed by atoms with Gasteiger partial charge in [0.15, 0.2) is 29.1 Å². The molecule has 1 saturated heterocycles. The van der Waals surface area contributed by atoms with Crippen molar-refractivity contribution < 1.29 is 19.4 Å². The number of para-hydroxylation sites is 1. The molecule has 1 aromatic rings. The molecule has 1 aromatic carbocycles. The van der Waals surface area contributed by atoms with E-state index >= 15 is 0 Å². The number of nitrogens with one attached hydrogen (secondary N) is 1. The lowest BCUT2D eigenvalue weighted by Gasteiger charge is -2.32. The van der Waals surface area contributed by atoms with Crippen LogP contribution in [-0.4, -0.2) is 43.2 Å². The molecule has 6 nitrogen and oxygen atoms in total. The van der Waals surface area contributed by atoms with Crippen LogP contribution < -0.4 is 19.7 Å². The van der Waals surface area contributed by atoms with Gasteiger partial charge in [-0.05, 0) is 12.1 Å². The largest absolute Gasteiger partial charge is 0.455 e. The Kier molecular flexibility index (Phi) is 4.51. The van der Waals surface area contributed by atoms with Gasteiger partial charge in [-0.2, -0.15) is 0 Å². The van der Waals surface area contributed by atoms with E-state index in [-0.39, 0.29) is 11.5 Å². The van der Waals surface area contributed by atoms with E-state index in [1.54, 1.807) is 26.8 Å². The summed E-state index contributed by atoms with van der Waals surface area (Å²) in [6, 6.07) is 5.66. The number of carbonyl (C=O) groups excluding carboxylic acids is 1. The number of fused-ring (bicyclic) bond motifs is 1. The SMILES string of the molecule is CC(C)(C)C(=O)C(O)C1=COc2c(cccc2N2CCNCC2)O1. The first-order valence-electron chi connectivity index (χ1n) is 8.23. The molecule has 0 saturated carbocycles. The Morgan fingerprint density at radius 3 is 2.67 bits per heavy atom. The molecule has 0 aliphatic carbocycles. The lowest BCUT2D eigenvalue weighted by molar-refractivity contribution is -0.134. The van der Waals surface area contributed by atoms with Crippen molar-refractivity contribution in [2.45, 2.75) is 26.9 Å². The number of carbonyl (C=O) groups is 1. The zero-order valence-electron chi connectivity index (χ0n) is 14.3. The molecule has 1 atom stereocenters. The van der Waals surface area contributed by atoms with Gasteiger partial charge < -0.3 is 24.8 Å². The molecule has 24 heavy (non-hydrogen) atoms. The van der Waals surface area contributed by atoms with E-state index in [2.05, 4.69) is 10.2 Å². The van der Waals surface area contributed by atoms with Gasteiger partial charge in [0.2, 0.25) is 0 Å². The second-order valence-electron chi connectivity index (χ2n) is 7.10. The number of nitrogens with zero attached hydrogens (tertiary/aromatic N) is 1. The normalized spacial score (nSPS) is 18.8. The van der Waals surface area contributed by atoms with Gasteiger partial charge >= 0.3 is 0 Å². The molecule has 2 heterocycles. The first-order chi connectivity index (χ1) is 11.4. The summed E-state index contributed by atoms with van der Waals surface area (Å²) in [7, 11) is 0. The Bertz CT molecular complexity index is 657. The molecule has 1 unspecified atom stereocenters. The number of piperazine rings is 1. The lowest BCUT2D eigenvalue weighted by Crippen LogP contribution is -2.43. The molecule has 6 heteroatoms. The minimum atomic E-state index is -1.33. The minimum Gasteiger partial charge on any atom is -0.455 e. The first-order valence-corrected chi connectivity index (χ1v) is 8.23. The number of ether oxygens (including phenoxy) is 2. The van der Waals surface area contributed by atoms with Crippen molar-refractivity contribution in [1.29, 1.82) is 0 Å². The Balaban J connectivity index is 1.82. The van der Waals surface area contributed by atoms with E-state index in [0.29, 0.717) is 11.5 Å². The number of rotatable bonds is 3. The zero-order chi connectivity index (χ0) is 17.3. The molecule has 1 fully saturated rings. The summed E-state index contributed by atoms with van der Waals surface area (Å²) < 4.78 is 11.5. The minimum absolute atomic E-state index is 0.125. The molecular weight excluding hydrogens is 308 g/mol. The van der Waals surface area contributed by atoms with Crippen LogP contribution in [0.4, 0.5) is 5.69 Å². The Morgan fingerprint density at radius 2 is 2.00 bits per heavy atom. The van der Waals surface area contributed by atoms with Crippen LogP contribution in [0.3, 0.4) is 0 Å². The second-order valence-corrected chi connectivity index (χ2v) is 7.10. The molecule has 2 N–H and O–H groups in total. The second kappa shape index (κ2) is 6.45. The highest BCUT2D eigenvalue weighted by Gasteiger charge is 2.34. The predicted molar refractivity (Wildman–Crippen MR) is 91.3 cm³/mol. The molecule has 0 aromatic heterocycles. The third kappa shape index (κ3) is 3.25. The number of aliphatic hydroxyl groups excluding tert-OH is 1. The molecule has 0 radical (unpaired) electrons. The topological polar surface area (TPSA) is 71.0 Å². The van der Waals surface area contributed by atoms with Gasteiger partial charge in [-0.3, -0.25) is 4.79 Å². The number of hydrogen-bond acceptors (Lipinski definition) is 6. The van der Waals surface area contributed by atoms with Crippen molar-refractivity contribution >= 4 is 11.5 Å². The molecule has 2 aliphatic rings. The van der Waals surface area contributed by atoms with Crippen LogP contribution >= 0.6 is 0 Å². The van der Waals surface area contributed by atoms with Crippen LogP contribution in [0.1, 0.15) is 20.8 Å². The Labute approximate surface area is 142 Å². The molecule has 0 amide bonds. The van der Waals surface area contributed by atoms with Crippen molar-refractivity contribution in [3.8, 4) is 11.5 Å². The van der Waals surface area contributed by atoms with E-state index in [9.17, 15) is 9.90 Å². The number of hydrogen-bond donors (Lipinski definition) is 2. The standard InChI is InChI=1S/C18H24N2O4/c1-18(2,3)17(22)15(21)14-11-23-16-12(5-4-6-13(16)24-14)20-9-7-19-8-10-20/h4-6,11,15,19,21H,7-10H2,1-3H3. The molecule has 0 bridgehead atoms. The maximum atomic E-state index is 12.2. The van der Waals surface area contributed by atoms with Crippen LogP contribution in [0.15, 0.2) is 30.2 Å². The maximum Gasteiger partial charge on any atom is 0.192 e. The number of ketones is 1. The highest BCUT2D eigenvalue weighted by Crippen LogP contribution is 2.41. The summed E-state index contributed by atoms with van der Waals surface area (Å²) in [4.78, 5) is 14.5. The van der Waals surface area contributed by atoms with E-state index in [1.807, 2.05) is 12.1 Å². The van der Waals surface area contributed by atoms with Crippen LogP contribution in [0, 0.1) is 5.41 Å². The van der Waals surface area contributed by atoms with Gasteiger partial charge in [-0.1, -0.05) is 26.8 Å². The molecule has 3 rings (SSSR count). The van der Waals surface area contributed by atoms with Gasteiger partial charge in [0, 0.05) is 31.6 Å². The molecular formula is C18H24N2O4. The maximum absolute atomic E-state index is 12.2. The van der Waals surface area contributed by atoms with Gasteiger partial charge in [-0.25, -0.2) is 0 Å². The van der Waals surface area contributed by atoms with Crippen LogP contribution in [0.25, 0.3) is 0 Å². The average molecular weight is 332 g/mol. The Morgan fingerprint density at radius 1 is 1.29 bits per heavy atom. The monoisotopic (exact) mass is 332 g/mol. The number of benzene rings is 1. The van der Waals surface area contributed by atoms with Gasteiger partial charge in [0.25, 0.3) is 0 Å². The van der Waals surface area contributed by atoms with E-state index in [1.165, 1.54) is 6.26 Å². The zero-order valence-corrected chi connectivity index (χ0v) is 14.3. The third-order valence-electron chi connectivity index (χ3n) is 4.19. The highest BCUT2D eigenvalue weighted by molar-refractivity contribution is 5.90. The average Bonchev–Trinajstić information content (AvgIpc) is 2.59. The first kappa shape index (κ1) is 16.8. The van der Waals surface area contributed by atoms with Gasteiger partial charge in [0.05, 0.1) is 5.69 Å². The van der Waals surface area contributed by atoms with Crippen LogP contribution in [0.5, 0.6) is 11.5 Å². The number of aliphatic hydroxyl groups is 1.